The van der Waals surface area contributed by atoms with Crippen LogP contribution in [0, 0.1) is 0 Å². The first-order chi connectivity index (χ1) is 7.15. The number of benzene rings is 1. The van der Waals surface area contributed by atoms with E-state index in [2.05, 4.69) is 0 Å². The lowest BCUT2D eigenvalue weighted by Gasteiger charge is -1.99. The molecule has 0 aliphatic carbocycles. The van der Waals surface area contributed by atoms with Gasteiger partial charge in [0, 0.05) is 6.61 Å². The van der Waals surface area contributed by atoms with Crippen molar-refractivity contribution in [3.05, 3.63) is 40.4 Å². The summed E-state index contributed by atoms with van der Waals surface area (Å²) >= 11 is 5.77. The molecule has 0 aromatic heterocycles. The van der Waals surface area contributed by atoms with Crippen molar-refractivity contribution in [3.8, 4) is 0 Å². The molecule has 4 heteroatoms. The monoisotopic (exact) mass is 226 g/mol. The molecule has 0 bridgehead atoms. The van der Waals surface area contributed by atoms with Gasteiger partial charge in [0.25, 0.3) is 0 Å². The highest BCUT2D eigenvalue weighted by Crippen LogP contribution is 2.18. The highest BCUT2D eigenvalue weighted by atomic mass is 35.5. The van der Waals surface area contributed by atoms with E-state index in [1.54, 1.807) is 24.3 Å². The fraction of sp³-hybridized carbons (Fsp3) is 0.182. The number of aromatic carboxylic acids is 1. The van der Waals surface area contributed by atoms with Crippen LogP contribution in [0.25, 0.3) is 6.08 Å². The first-order valence-corrected chi connectivity index (χ1v) is 4.83. The van der Waals surface area contributed by atoms with Crippen molar-refractivity contribution in [1.82, 2.24) is 0 Å². The molecule has 1 aromatic carbocycles. The number of hydrogen-bond acceptors (Lipinski definition) is 2. The summed E-state index contributed by atoms with van der Waals surface area (Å²) in [6.07, 6.45) is 4.15. The average molecular weight is 227 g/mol. The lowest BCUT2D eigenvalue weighted by atomic mass is 10.1. The van der Waals surface area contributed by atoms with Gasteiger partial charge in [0.1, 0.15) is 0 Å². The number of rotatable bonds is 4. The highest BCUT2D eigenvalue weighted by molar-refractivity contribution is 6.33. The lowest BCUT2D eigenvalue weighted by Crippen LogP contribution is -1.96. The second kappa shape index (κ2) is 5.53. The van der Waals surface area contributed by atoms with Gasteiger partial charge in [0.05, 0.1) is 10.6 Å². The maximum Gasteiger partial charge on any atom is 0.337 e. The van der Waals surface area contributed by atoms with Crippen LogP contribution >= 0.6 is 11.6 Å². The molecule has 0 spiro atoms. The summed E-state index contributed by atoms with van der Waals surface area (Å²) in [5.74, 6) is -1.04. The molecule has 0 heterocycles. The third kappa shape index (κ3) is 3.38. The van der Waals surface area contributed by atoms with Crippen molar-refractivity contribution >= 4 is 23.6 Å². The van der Waals surface area contributed by atoms with Crippen molar-refractivity contribution in [1.29, 1.82) is 0 Å². The highest BCUT2D eigenvalue weighted by Gasteiger charge is 2.07. The number of aliphatic hydroxyl groups is 1. The predicted molar refractivity (Wildman–Crippen MR) is 59.1 cm³/mol. The zero-order valence-electron chi connectivity index (χ0n) is 7.98. The van der Waals surface area contributed by atoms with E-state index in [1.807, 2.05) is 0 Å². The molecular weight excluding hydrogens is 216 g/mol. The first-order valence-electron chi connectivity index (χ1n) is 4.45. The fourth-order valence-electron chi connectivity index (χ4n) is 1.10. The van der Waals surface area contributed by atoms with Crippen LogP contribution in [0.2, 0.25) is 5.02 Å². The van der Waals surface area contributed by atoms with Crippen LogP contribution in [0.15, 0.2) is 24.3 Å². The standard InChI is InChI=1S/C11H11ClO3/c12-10-7-8(3-1-2-6-13)4-5-9(10)11(14)15/h1,3-5,7,13H,2,6H2,(H,14,15). The Morgan fingerprint density at radius 2 is 2.20 bits per heavy atom. The van der Waals surface area contributed by atoms with Crippen LogP contribution in [0.4, 0.5) is 0 Å². The van der Waals surface area contributed by atoms with Crippen molar-refractivity contribution < 1.29 is 15.0 Å². The Kier molecular flexibility index (Phi) is 4.34. The van der Waals surface area contributed by atoms with Gasteiger partial charge in [-0.05, 0) is 24.1 Å². The first kappa shape index (κ1) is 11.8. The van der Waals surface area contributed by atoms with Crippen LogP contribution < -0.4 is 0 Å². The molecule has 0 amide bonds. The van der Waals surface area contributed by atoms with E-state index in [0.717, 1.165) is 5.56 Å². The molecule has 1 aromatic rings. The van der Waals surface area contributed by atoms with E-state index in [-0.39, 0.29) is 17.2 Å². The minimum absolute atomic E-state index is 0.0935. The van der Waals surface area contributed by atoms with E-state index in [9.17, 15) is 4.79 Å². The van der Waals surface area contributed by atoms with Crippen LogP contribution in [0.5, 0.6) is 0 Å². The quantitative estimate of drug-likeness (QED) is 0.829. The maximum absolute atomic E-state index is 10.7. The van der Waals surface area contributed by atoms with E-state index < -0.39 is 5.97 Å². The lowest BCUT2D eigenvalue weighted by molar-refractivity contribution is 0.0697. The Morgan fingerprint density at radius 3 is 2.73 bits per heavy atom. The second-order valence-corrected chi connectivity index (χ2v) is 3.37. The summed E-state index contributed by atoms with van der Waals surface area (Å²) in [5.41, 5.74) is 0.912. The SMILES string of the molecule is O=C(O)c1ccc(C=CCCO)cc1Cl. The molecule has 1 rings (SSSR count). The van der Waals surface area contributed by atoms with Gasteiger partial charge in [-0.3, -0.25) is 0 Å². The number of carboxylic acid groups (broad SMARTS) is 1. The van der Waals surface area contributed by atoms with Gasteiger partial charge in [-0.2, -0.15) is 0 Å². The second-order valence-electron chi connectivity index (χ2n) is 2.96. The molecular formula is C11H11ClO3. The van der Waals surface area contributed by atoms with E-state index in [1.165, 1.54) is 6.07 Å². The number of carbonyl (C=O) groups is 1. The van der Waals surface area contributed by atoms with Crippen molar-refractivity contribution in [3.63, 3.8) is 0 Å². The Labute approximate surface area is 92.6 Å². The van der Waals surface area contributed by atoms with Gasteiger partial charge >= 0.3 is 5.97 Å². The van der Waals surface area contributed by atoms with Crippen LogP contribution in [-0.2, 0) is 0 Å². The number of carboxylic acids is 1. The van der Waals surface area contributed by atoms with Gasteiger partial charge < -0.3 is 10.2 Å². The Hall–Kier alpha value is -1.32. The van der Waals surface area contributed by atoms with E-state index in [4.69, 9.17) is 21.8 Å². The number of hydrogen-bond donors (Lipinski definition) is 2. The zero-order valence-corrected chi connectivity index (χ0v) is 8.74. The summed E-state index contributed by atoms with van der Waals surface area (Å²) < 4.78 is 0. The predicted octanol–water partition coefficient (Wildman–Crippen LogP) is 2.43. The van der Waals surface area contributed by atoms with Crippen LogP contribution in [-0.4, -0.2) is 22.8 Å². The van der Waals surface area contributed by atoms with Gasteiger partial charge in [-0.25, -0.2) is 4.79 Å². The van der Waals surface area contributed by atoms with Gasteiger partial charge in [0.2, 0.25) is 0 Å². The number of aliphatic hydroxyl groups excluding tert-OH is 1. The largest absolute Gasteiger partial charge is 0.478 e. The Bertz CT molecular complexity index is 385. The molecule has 0 aliphatic rings. The van der Waals surface area contributed by atoms with Crippen LogP contribution in [0.3, 0.4) is 0 Å². The molecule has 0 atom stereocenters. The van der Waals surface area contributed by atoms with Crippen molar-refractivity contribution in [2.24, 2.45) is 0 Å². The van der Waals surface area contributed by atoms with E-state index in [0.29, 0.717) is 6.42 Å². The summed E-state index contributed by atoms with van der Waals surface area (Å²) in [6, 6.07) is 4.71. The Morgan fingerprint density at radius 1 is 1.47 bits per heavy atom. The summed E-state index contributed by atoms with van der Waals surface area (Å²) in [5, 5.41) is 17.5. The molecule has 0 aliphatic heterocycles. The molecule has 0 radical (unpaired) electrons. The topological polar surface area (TPSA) is 57.5 Å². The molecule has 3 nitrogen and oxygen atoms in total. The third-order valence-electron chi connectivity index (χ3n) is 1.83. The number of halogens is 1. The zero-order chi connectivity index (χ0) is 11.3. The summed E-state index contributed by atoms with van der Waals surface area (Å²) in [7, 11) is 0. The molecule has 0 unspecified atom stereocenters. The van der Waals surface area contributed by atoms with Crippen molar-refractivity contribution in [2.45, 2.75) is 6.42 Å². The minimum atomic E-state index is -1.04. The van der Waals surface area contributed by atoms with Crippen molar-refractivity contribution in [2.75, 3.05) is 6.61 Å². The minimum Gasteiger partial charge on any atom is -0.478 e. The molecule has 15 heavy (non-hydrogen) atoms. The summed E-state index contributed by atoms with van der Waals surface area (Å²) in [4.78, 5) is 10.7. The maximum atomic E-state index is 10.7. The molecule has 0 fully saturated rings. The average Bonchev–Trinajstić information content (AvgIpc) is 2.17. The smallest absolute Gasteiger partial charge is 0.337 e. The van der Waals surface area contributed by atoms with Gasteiger partial charge in [-0.1, -0.05) is 29.8 Å². The van der Waals surface area contributed by atoms with E-state index >= 15 is 0 Å². The summed E-state index contributed by atoms with van der Waals surface area (Å²) in [6.45, 7) is 0.0947. The third-order valence-corrected chi connectivity index (χ3v) is 2.14. The van der Waals surface area contributed by atoms with Crippen LogP contribution in [0.1, 0.15) is 22.3 Å². The molecule has 0 saturated carbocycles. The van der Waals surface area contributed by atoms with Gasteiger partial charge in [0.15, 0.2) is 0 Å². The fourth-order valence-corrected chi connectivity index (χ4v) is 1.37. The normalized spacial score (nSPS) is 10.8. The Balaban J connectivity index is 2.87. The molecule has 80 valence electrons. The molecule has 2 N–H and O–H groups in total. The molecule has 0 saturated heterocycles. The van der Waals surface area contributed by atoms with Gasteiger partial charge in [-0.15, -0.1) is 0 Å².